The van der Waals surface area contributed by atoms with Crippen molar-refractivity contribution in [2.45, 2.75) is 20.3 Å². The smallest absolute Gasteiger partial charge is 0.322 e. The Hall–Kier alpha value is -2.50. The van der Waals surface area contributed by atoms with Crippen molar-refractivity contribution in [2.24, 2.45) is 10.9 Å². The number of rotatable bonds is 8. The summed E-state index contributed by atoms with van der Waals surface area (Å²) in [5, 5.41) is 0. The molecule has 0 aliphatic rings. The number of hydrogen-bond acceptors (Lipinski definition) is 6. The zero-order valence-corrected chi connectivity index (χ0v) is 12.7. The first-order valence-electron chi connectivity index (χ1n) is 7.02. The topological polar surface area (TPSA) is 82.0 Å². The van der Waals surface area contributed by atoms with Gasteiger partial charge >= 0.3 is 11.9 Å². The average Bonchev–Trinajstić information content (AvgIpc) is 2.49. The predicted molar refractivity (Wildman–Crippen MR) is 81.0 cm³/mol. The lowest BCUT2D eigenvalue weighted by Gasteiger charge is -2.10. The lowest BCUT2D eigenvalue weighted by molar-refractivity contribution is -0.150. The molecule has 0 aliphatic heterocycles. The van der Waals surface area contributed by atoms with Crippen LogP contribution in [0.4, 0.5) is 5.69 Å². The van der Waals surface area contributed by atoms with Crippen LogP contribution in [0.5, 0.6) is 0 Å². The minimum atomic E-state index is -1.22. The van der Waals surface area contributed by atoms with E-state index in [1.165, 1.54) is 6.21 Å². The van der Waals surface area contributed by atoms with Gasteiger partial charge in [0.1, 0.15) is 6.42 Å². The minimum absolute atomic E-state index is 0.140. The van der Waals surface area contributed by atoms with Gasteiger partial charge in [-0.3, -0.25) is 19.4 Å². The van der Waals surface area contributed by atoms with E-state index < -0.39 is 30.1 Å². The van der Waals surface area contributed by atoms with Crippen molar-refractivity contribution in [1.29, 1.82) is 0 Å². The highest BCUT2D eigenvalue weighted by Gasteiger charge is 2.28. The number of carbonyl (C=O) groups excluding carboxylic acids is 3. The van der Waals surface area contributed by atoms with E-state index in [2.05, 4.69) is 4.99 Å². The van der Waals surface area contributed by atoms with Gasteiger partial charge in [0.05, 0.1) is 18.9 Å². The highest BCUT2D eigenvalue weighted by Crippen LogP contribution is 2.11. The molecular weight excluding hydrogens is 286 g/mol. The second kappa shape index (κ2) is 9.44. The molecule has 6 nitrogen and oxygen atoms in total. The van der Waals surface area contributed by atoms with Gasteiger partial charge in [0, 0.05) is 6.21 Å². The highest BCUT2D eigenvalue weighted by molar-refractivity contribution is 6.16. The van der Waals surface area contributed by atoms with Crippen LogP contribution < -0.4 is 0 Å². The van der Waals surface area contributed by atoms with Gasteiger partial charge in [-0.2, -0.15) is 0 Å². The Kier molecular flexibility index (Phi) is 7.53. The Morgan fingerprint density at radius 3 is 2.32 bits per heavy atom. The number of para-hydroxylation sites is 1. The second-order valence-electron chi connectivity index (χ2n) is 4.29. The van der Waals surface area contributed by atoms with E-state index in [9.17, 15) is 14.4 Å². The number of esters is 2. The molecule has 6 heteroatoms. The van der Waals surface area contributed by atoms with Crippen molar-refractivity contribution in [3.63, 3.8) is 0 Å². The lowest BCUT2D eigenvalue weighted by Crippen LogP contribution is -2.29. The SMILES string of the molecule is CCOC(=O)CC(=O)C(C=Nc1ccccc1)C(=O)OCC. The summed E-state index contributed by atoms with van der Waals surface area (Å²) in [7, 11) is 0. The third kappa shape index (κ3) is 5.87. The predicted octanol–water partition coefficient (Wildman–Crippen LogP) is 2.09. The summed E-state index contributed by atoms with van der Waals surface area (Å²) in [5.41, 5.74) is 0.598. The van der Waals surface area contributed by atoms with E-state index in [0.29, 0.717) is 5.69 Å². The maximum atomic E-state index is 12.1. The largest absolute Gasteiger partial charge is 0.466 e. The summed E-state index contributed by atoms with van der Waals surface area (Å²) >= 11 is 0. The third-order valence-electron chi connectivity index (χ3n) is 2.64. The van der Waals surface area contributed by atoms with Crippen LogP contribution in [0.15, 0.2) is 35.3 Å². The Morgan fingerprint density at radius 1 is 1.09 bits per heavy atom. The lowest BCUT2D eigenvalue weighted by atomic mass is 10.0. The van der Waals surface area contributed by atoms with Crippen molar-refractivity contribution < 1.29 is 23.9 Å². The molecule has 0 aliphatic carbocycles. The number of carbonyl (C=O) groups is 3. The number of ether oxygens (including phenoxy) is 2. The first-order chi connectivity index (χ1) is 10.6. The van der Waals surface area contributed by atoms with E-state index >= 15 is 0 Å². The number of ketones is 1. The molecule has 1 unspecified atom stereocenters. The van der Waals surface area contributed by atoms with Gasteiger partial charge in [0.25, 0.3) is 0 Å². The molecule has 1 aromatic rings. The van der Waals surface area contributed by atoms with Gasteiger partial charge in [-0.1, -0.05) is 18.2 Å². The first kappa shape index (κ1) is 17.6. The Balaban J connectivity index is 2.84. The number of benzene rings is 1. The Morgan fingerprint density at radius 2 is 1.73 bits per heavy atom. The number of nitrogens with zero attached hydrogens (tertiary/aromatic N) is 1. The molecule has 22 heavy (non-hydrogen) atoms. The molecule has 0 saturated carbocycles. The van der Waals surface area contributed by atoms with Gasteiger partial charge < -0.3 is 9.47 Å². The van der Waals surface area contributed by atoms with Crippen molar-refractivity contribution in [3.05, 3.63) is 30.3 Å². The zero-order chi connectivity index (χ0) is 16.4. The minimum Gasteiger partial charge on any atom is -0.466 e. The zero-order valence-electron chi connectivity index (χ0n) is 12.7. The molecule has 0 amide bonds. The summed E-state index contributed by atoms with van der Waals surface area (Å²) in [6.45, 7) is 3.59. The van der Waals surface area contributed by atoms with Gasteiger partial charge in [0.15, 0.2) is 11.7 Å². The molecule has 0 saturated heterocycles. The van der Waals surface area contributed by atoms with E-state index in [4.69, 9.17) is 9.47 Å². The molecule has 118 valence electrons. The molecule has 0 radical (unpaired) electrons. The molecule has 0 spiro atoms. The maximum absolute atomic E-state index is 12.1. The van der Waals surface area contributed by atoms with Crippen LogP contribution in [0, 0.1) is 5.92 Å². The molecule has 0 N–H and O–H groups in total. The van der Waals surface area contributed by atoms with Crippen LogP contribution in [0.1, 0.15) is 20.3 Å². The highest BCUT2D eigenvalue weighted by atomic mass is 16.5. The fraction of sp³-hybridized carbons (Fsp3) is 0.375. The summed E-state index contributed by atoms with van der Waals surface area (Å²) < 4.78 is 9.56. The fourth-order valence-electron chi connectivity index (χ4n) is 1.65. The Bertz CT molecular complexity index is 539. The molecule has 1 aromatic carbocycles. The summed E-state index contributed by atoms with van der Waals surface area (Å²) in [4.78, 5) is 39.4. The second-order valence-corrected chi connectivity index (χ2v) is 4.29. The third-order valence-corrected chi connectivity index (χ3v) is 2.64. The van der Waals surface area contributed by atoms with Crippen LogP contribution >= 0.6 is 0 Å². The van der Waals surface area contributed by atoms with Crippen LogP contribution in [-0.4, -0.2) is 37.2 Å². The first-order valence-corrected chi connectivity index (χ1v) is 7.02. The molecular formula is C16H19NO5. The average molecular weight is 305 g/mol. The number of hydrogen-bond donors (Lipinski definition) is 0. The fourth-order valence-corrected chi connectivity index (χ4v) is 1.65. The maximum Gasteiger partial charge on any atom is 0.322 e. The van der Waals surface area contributed by atoms with E-state index in [-0.39, 0.29) is 13.2 Å². The molecule has 0 aromatic heterocycles. The van der Waals surface area contributed by atoms with Gasteiger partial charge in [-0.05, 0) is 26.0 Å². The number of aliphatic imine (C=N–C) groups is 1. The molecule has 0 bridgehead atoms. The van der Waals surface area contributed by atoms with Gasteiger partial charge in [0.2, 0.25) is 0 Å². The monoisotopic (exact) mass is 305 g/mol. The van der Waals surface area contributed by atoms with Crippen molar-refractivity contribution in [3.8, 4) is 0 Å². The summed E-state index contributed by atoms with van der Waals surface area (Å²) in [6.07, 6.45) is 0.715. The molecule has 1 atom stereocenters. The normalized spacial score (nSPS) is 11.9. The van der Waals surface area contributed by atoms with E-state index in [0.717, 1.165) is 0 Å². The van der Waals surface area contributed by atoms with Crippen molar-refractivity contribution in [2.75, 3.05) is 13.2 Å². The summed E-state index contributed by atoms with van der Waals surface area (Å²) in [5.74, 6) is -3.22. The van der Waals surface area contributed by atoms with Crippen molar-refractivity contribution >= 4 is 29.6 Å². The molecule has 0 fully saturated rings. The molecule has 1 rings (SSSR count). The van der Waals surface area contributed by atoms with Crippen LogP contribution in [0.25, 0.3) is 0 Å². The van der Waals surface area contributed by atoms with Gasteiger partial charge in [-0.15, -0.1) is 0 Å². The van der Waals surface area contributed by atoms with E-state index in [1.807, 2.05) is 6.07 Å². The van der Waals surface area contributed by atoms with Crippen LogP contribution in [0.3, 0.4) is 0 Å². The summed E-state index contributed by atoms with van der Waals surface area (Å²) in [6, 6.07) is 8.86. The standard InChI is InChI=1S/C16H19NO5/c1-3-21-15(19)10-14(18)13(16(20)22-4-2)11-17-12-8-6-5-7-9-12/h5-9,11,13H,3-4,10H2,1-2H3. The van der Waals surface area contributed by atoms with Gasteiger partial charge in [-0.25, -0.2) is 0 Å². The van der Waals surface area contributed by atoms with E-state index in [1.54, 1.807) is 38.1 Å². The molecule has 0 heterocycles. The van der Waals surface area contributed by atoms with Crippen LogP contribution in [0.2, 0.25) is 0 Å². The quantitative estimate of drug-likeness (QED) is 0.417. The number of Topliss-reactive ketones (excluding diaryl/α,β-unsaturated/α-hetero) is 1. The van der Waals surface area contributed by atoms with Crippen LogP contribution in [-0.2, 0) is 23.9 Å². The Labute approximate surface area is 129 Å². The van der Waals surface area contributed by atoms with Crippen molar-refractivity contribution in [1.82, 2.24) is 0 Å².